The van der Waals surface area contributed by atoms with Crippen LogP contribution in [0.3, 0.4) is 0 Å². The molecule has 0 aliphatic rings. The molecule has 6 heteroatoms. The lowest BCUT2D eigenvalue weighted by molar-refractivity contribution is -0.121. The van der Waals surface area contributed by atoms with Crippen molar-refractivity contribution in [3.63, 3.8) is 0 Å². The Morgan fingerprint density at radius 3 is 1.10 bits per heavy atom. The molecule has 0 fully saturated rings. The van der Waals surface area contributed by atoms with Crippen molar-refractivity contribution < 1.29 is 9.59 Å². The molecule has 0 aliphatic carbocycles. The second-order valence-electron chi connectivity index (χ2n) is 12.2. The summed E-state index contributed by atoms with van der Waals surface area (Å²) in [7, 11) is 4.13. The summed E-state index contributed by atoms with van der Waals surface area (Å²) in [6.07, 6.45) is 27.2. The fourth-order valence-corrected chi connectivity index (χ4v) is 5.05. The van der Waals surface area contributed by atoms with Gasteiger partial charge >= 0.3 is 0 Å². The van der Waals surface area contributed by atoms with Crippen molar-refractivity contribution in [2.75, 3.05) is 53.4 Å². The van der Waals surface area contributed by atoms with Gasteiger partial charge in [0.2, 0.25) is 11.8 Å². The first-order valence-corrected chi connectivity index (χ1v) is 17.4. The average Bonchev–Trinajstić information content (AvgIpc) is 2.94. The van der Waals surface area contributed by atoms with Crippen LogP contribution in [0.5, 0.6) is 0 Å². The standard InChI is InChI=1S/C34H70N4O2/c1-5-7-9-11-13-15-17-19-21-23-27-35-33(39)25-29-38(32-31-37(3)4)30-26-34(40)36-28-24-22-20-18-16-14-12-10-8-6-2/h5-32H2,1-4H3,(H,35,39)(H,36,40). The Morgan fingerprint density at radius 1 is 0.450 bits per heavy atom. The lowest BCUT2D eigenvalue weighted by atomic mass is 10.1. The zero-order valence-electron chi connectivity index (χ0n) is 27.5. The highest BCUT2D eigenvalue weighted by Crippen LogP contribution is 2.11. The zero-order valence-corrected chi connectivity index (χ0v) is 27.5. The van der Waals surface area contributed by atoms with Crippen molar-refractivity contribution in [2.24, 2.45) is 0 Å². The molecule has 0 heterocycles. The molecule has 0 rings (SSSR count). The average molecular weight is 567 g/mol. The summed E-state index contributed by atoms with van der Waals surface area (Å²) >= 11 is 0. The van der Waals surface area contributed by atoms with Crippen LogP contribution in [0.2, 0.25) is 0 Å². The Hall–Kier alpha value is -1.14. The molecule has 238 valence electrons. The first-order chi connectivity index (χ1) is 19.5. The van der Waals surface area contributed by atoms with Gasteiger partial charge in [0.05, 0.1) is 0 Å². The number of nitrogens with zero attached hydrogens (tertiary/aromatic N) is 2. The first kappa shape index (κ1) is 38.9. The van der Waals surface area contributed by atoms with Crippen LogP contribution in [0.25, 0.3) is 0 Å². The van der Waals surface area contributed by atoms with E-state index in [9.17, 15) is 9.59 Å². The lowest BCUT2D eigenvalue weighted by Crippen LogP contribution is -2.38. The maximum Gasteiger partial charge on any atom is 0.221 e. The van der Waals surface area contributed by atoms with E-state index in [2.05, 4.69) is 48.4 Å². The summed E-state index contributed by atoms with van der Waals surface area (Å²) in [6, 6.07) is 0. The van der Waals surface area contributed by atoms with E-state index >= 15 is 0 Å². The number of amides is 2. The Morgan fingerprint density at radius 2 is 0.775 bits per heavy atom. The molecule has 0 atom stereocenters. The summed E-state index contributed by atoms with van der Waals surface area (Å²) in [6.45, 7) is 9.34. The summed E-state index contributed by atoms with van der Waals surface area (Å²) in [4.78, 5) is 29.2. The molecule has 0 aromatic rings. The number of nitrogens with one attached hydrogen (secondary N) is 2. The van der Waals surface area contributed by atoms with Gasteiger partial charge in [0.15, 0.2) is 0 Å². The van der Waals surface area contributed by atoms with E-state index in [1.807, 2.05) is 0 Å². The van der Waals surface area contributed by atoms with Crippen LogP contribution < -0.4 is 10.6 Å². The summed E-state index contributed by atoms with van der Waals surface area (Å²) in [5.74, 6) is 0.271. The normalized spacial score (nSPS) is 11.4. The minimum atomic E-state index is 0.135. The van der Waals surface area contributed by atoms with Crippen molar-refractivity contribution in [3.8, 4) is 0 Å². The molecule has 2 amide bonds. The van der Waals surface area contributed by atoms with E-state index in [0.29, 0.717) is 25.9 Å². The van der Waals surface area contributed by atoms with Gasteiger partial charge in [-0.3, -0.25) is 9.59 Å². The fraction of sp³-hybridized carbons (Fsp3) is 0.941. The third-order valence-corrected chi connectivity index (χ3v) is 7.88. The highest BCUT2D eigenvalue weighted by Gasteiger charge is 2.11. The Bertz CT molecular complexity index is 514. The van der Waals surface area contributed by atoms with Crippen molar-refractivity contribution >= 4 is 11.8 Å². The number of unbranched alkanes of at least 4 members (excludes halogenated alkanes) is 18. The molecule has 0 unspecified atom stereocenters. The van der Waals surface area contributed by atoms with E-state index < -0.39 is 0 Å². The SMILES string of the molecule is CCCCCCCCCCCCNC(=O)CCN(CCC(=O)NCCCCCCCCCCCC)CCN(C)C. The summed E-state index contributed by atoms with van der Waals surface area (Å²) in [5, 5.41) is 6.20. The zero-order chi connectivity index (χ0) is 29.5. The van der Waals surface area contributed by atoms with Gasteiger partial charge in [0, 0.05) is 52.1 Å². The molecule has 0 aliphatic heterocycles. The van der Waals surface area contributed by atoms with Crippen molar-refractivity contribution in [1.29, 1.82) is 0 Å². The molecule has 0 radical (unpaired) electrons. The van der Waals surface area contributed by atoms with Crippen molar-refractivity contribution in [2.45, 2.75) is 155 Å². The molecular weight excluding hydrogens is 496 g/mol. The first-order valence-electron chi connectivity index (χ1n) is 17.4. The minimum absolute atomic E-state index is 0.135. The molecule has 6 nitrogen and oxygen atoms in total. The van der Waals surface area contributed by atoms with E-state index in [0.717, 1.165) is 39.0 Å². The van der Waals surface area contributed by atoms with E-state index in [-0.39, 0.29) is 11.8 Å². The summed E-state index contributed by atoms with van der Waals surface area (Å²) in [5.41, 5.74) is 0. The van der Waals surface area contributed by atoms with Gasteiger partial charge in [-0.1, -0.05) is 129 Å². The van der Waals surface area contributed by atoms with Crippen LogP contribution in [-0.4, -0.2) is 75.0 Å². The monoisotopic (exact) mass is 567 g/mol. The van der Waals surface area contributed by atoms with Gasteiger partial charge in [-0.2, -0.15) is 0 Å². The Labute approximate surface area is 250 Å². The quantitative estimate of drug-likeness (QED) is 0.0844. The molecule has 0 spiro atoms. The number of rotatable bonds is 31. The van der Waals surface area contributed by atoms with Gasteiger partial charge < -0.3 is 20.4 Å². The maximum absolute atomic E-state index is 12.4. The van der Waals surface area contributed by atoms with Crippen LogP contribution in [0.1, 0.15) is 155 Å². The Balaban J connectivity index is 3.87. The fourth-order valence-electron chi connectivity index (χ4n) is 5.05. The third-order valence-electron chi connectivity index (χ3n) is 7.88. The Kier molecular flexibility index (Phi) is 29.9. The number of carbonyl (C=O) groups excluding carboxylic acids is 2. The molecule has 0 aromatic carbocycles. The van der Waals surface area contributed by atoms with Gasteiger partial charge in [-0.05, 0) is 26.9 Å². The molecule has 2 N–H and O–H groups in total. The van der Waals surface area contributed by atoms with Gasteiger partial charge in [-0.25, -0.2) is 0 Å². The molecule has 0 aromatic heterocycles. The predicted molar refractivity (Wildman–Crippen MR) is 174 cm³/mol. The van der Waals surface area contributed by atoms with E-state index in [4.69, 9.17) is 0 Å². The molecule has 0 bridgehead atoms. The van der Waals surface area contributed by atoms with Gasteiger partial charge in [0.1, 0.15) is 0 Å². The van der Waals surface area contributed by atoms with E-state index in [1.54, 1.807) is 0 Å². The summed E-state index contributed by atoms with van der Waals surface area (Å²) < 4.78 is 0. The second kappa shape index (κ2) is 30.8. The molecule has 0 saturated heterocycles. The number of likely N-dealkylation sites (N-methyl/N-ethyl adjacent to an activating group) is 1. The predicted octanol–water partition coefficient (Wildman–Crippen LogP) is 7.70. The second-order valence-corrected chi connectivity index (χ2v) is 12.2. The molecule has 0 saturated carbocycles. The van der Waals surface area contributed by atoms with Crippen molar-refractivity contribution in [1.82, 2.24) is 20.4 Å². The van der Waals surface area contributed by atoms with Crippen LogP contribution in [0, 0.1) is 0 Å². The molecular formula is C34H70N4O2. The number of carbonyl (C=O) groups is 2. The molecule has 40 heavy (non-hydrogen) atoms. The topological polar surface area (TPSA) is 64.7 Å². The number of hydrogen-bond acceptors (Lipinski definition) is 4. The lowest BCUT2D eigenvalue weighted by Gasteiger charge is -2.23. The van der Waals surface area contributed by atoms with Crippen LogP contribution in [-0.2, 0) is 9.59 Å². The smallest absolute Gasteiger partial charge is 0.221 e. The third kappa shape index (κ3) is 29.8. The highest BCUT2D eigenvalue weighted by atomic mass is 16.2. The van der Waals surface area contributed by atoms with Crippen LogP contribution >= 0.6 is 0 Å². The highest BCUT2D eigenvalue weighted by molar-refractivity contribution is 5.76. The largest absolute Gasteiger partial charge is 0.356 e. The van der Waals surface area contributed by atoms with E-state index in [1.165, 1.54) is 116 Å². The van der Waals surface area contributed by atoms with Gasteiger partial charge in [-0.15, -0.1) is 0 Å². The number of hydrogen-bond donors (Lipinski definition) is 2. The van der Waals surface area contributed by atoms with Crippen molar-refractivity contribution in [3.05, 3.63) is 0 Å². The maximum atomic E-state index is 12.4. The van der Waals surface area contributed by atoms with Crippen LogP contribution in [0.4, 0.5) is 0 Å². The minimum Gasteiger partial charge on any atom is -0.356 e. The van der Waals surface area contributed by atoms with Crippen LogP contribution in [0.15, 0.2) is 0 Å². The van der Waals surface area contributed by atoms with Gasteiger partial charge in [0.25, 0.3) is 0 Å².